The third kappa shape index (κ3) is 2.74. The van der Waals surface area contributed by atoms with Gasteiger partial charge in [0, 0.05) is 5.56 Å². The highest BCUT2D eigenvalue weighted by atomic mass is 32.2. The number of hydrogen-bond donors (Lipinski definition) is 1. The van der Waals surface area contributed by atoms with Crippen LogP contribution in [0.1, 0.15) is 23.0 Å². The molecule has 22 heavy (non-hydrogen) atoms. The number of aromatic carboxylic acids is 1. The number of halogens is 1. The second-order valence-electron chi connectivity index (χ2n) is 5.23. The lowest BCUT2D eigenvalue weighted by Gasteiger charge is -2.13. The summed E-state index contributed by atoms with van der Waals surface area (Å²) in [7, 11) is -3.13. The van der Waals surface area contributed by atoms with E-state index in [2.05, 4.69) is 5.10 Å². The van der Waals surface area contributed by atoms with E-state index in [0.29, 0.717) is 17.7 Å². The van der Waals surface area contributed by atoms with E-state index in [1.54, 1.807) is 0 Å². The van der Waals surface area contributed by atoms with Gasteiger partial charge in [-0.15, -0.1) is 0 Å². The lowest BCUT2D eigenvalue weighted by Crippen LogP contribution is -2.14. The molecule has 1 aromatic heterocycles. The van der Waals surface area contributed by atoms with Crippen LogP contribution < -0.4 is 0 Å². The first-order valence-electron chi connectivity index (χ1n) is 6.65. The predicted molar refractivity (Wildman–Crippen MR) is 76.9 cm³/mol. The molecule has 3 rings (SSSR count). The molecule has 6 nitrogen and oxygen atoms in total. The number of carboxylic acid groups (broad SMARTS) is 1. The summed E-state index contributed by atoms with van der Waals surface area (Å²) in [5.41, 5.74) is 0.897. The molecule has 0 bridgehead atoms. The standard InChI is InChI=1S/C14H13FN2O4S/c15-10-3-1-9(2-4-10)13-7-12(14(18)19)16-17(13)11-5-6-22(20,21)8-11/h1-4,7,11H,5-6,8H2,(H,18,19)/t11-/m0/s1. The zero-order valence-electron chi connectivity index (χ0n) is 11.4. The van der Waals surface area contributed by atoms with Gasteiger partial charge in [0.15, 0.2) is 15.5 Å². The first kappa shape index (κ1) is 14.7. The quantitative estimate of drug-likeness (QED) is 0.929. The topological polar surface area (TPSA) is 89.3 Å². The fourth-order valence-corrected chi connectivity index (χ4v) is 4.27. The van der Waals surface area contributed by atoms with Crippen LogP contribution in [0.2, 0.25) is 0 Å². The number of benzene rings is 1. The Morgan fingerprint density at radius 1 is 1.32 bits per heavy atom. The summed E-state index contributed by atoms with van der Waals surface area (Å²) in [6.07, 6.45) is 0.386. The normalized spacial score (nSPS) is 20.1. The Balaban J connectivity index is 2.08. The molecule has 2 heterocycles. The van der Waals surface area contributed by atoms with E-state index in [1.807, 2.05) is 0 Å². The van der Waals surface area contributed by atoms with E-state index >= 15 is 0 Å². The van der Waals surface area contributed by atoms with E-state index in [9.17, 15) is 17.6 Å². The average molecular weight is 324 g/mol. The first-order valence-corrected chi connectivity index (χ1v) is 8.47. The highest BCUT2D eigenvalue weighted by Gasteiger charge is 2.32. The van der Waals surface area contributed by atoms with Gasteiger partial charge in [0.2, 0.25) is 0 Å². The summed E-state index contributed by atoms with van der Waals surface area (Å²) >= 11 is 0. The van der Waals surface area contributed by atoms with Crippen LogP contribution in [0.4, 0.5) is 4.39 Å². The molecule has 1 N–H and O–H groups in total. The number of aromatic nitrogens is 2. The monoisotopic (exact) mass is 324 g/mol. The van der Waals surface area contributed by atoms with Crippen LogP contribution in [-0.2, 0) is 9.84 Å². The van der Waals surface area contributed by atoms with Gasteiger partial charge in [-0.3, -0.25) is 4.68 Å². The van der Waals surface area contributed by atoms with Crippen LogP contribution in [0.5, 0.6) is 0 Å². The highest BCUT2D eigenvalue weighted by Crippen LogP contribution is 2.30. The summed E-state index contributed by atoms with van der Waals surface area (Å²) < 4.78 is 37.8. The average Bonchev–Trinajstić information content (AvgIpc) is 3.03. The van der Waals surface area contributed by atoms with E-state index < -0.39 is 27.7 Å². The van der Waals surface area contributed by atoms with Crippen molar-refractivity contribution in [2.24, 2.45) is 0 Å². The van der Waals surface area contributed by atoms with E-state index in [4.69, 9.17) is 5.11 Å². The molecular formula is C14H13FN2O4S. The van der Waals surface area contributed by atoms with Crippen molar-refractivity contribution in [1.29, 1.82) is 0 Å². The Morgan fingerprint density at radius 3 is 2.55 bits per heavy atom. The van der Waals surface area contributed by atoms with Gasteiger partial charge in [0.25, 0.3) is 0 Å². The summed E-state index contributed by atoms with van der Waals surface area (Å²) in [6.45, 7) is 0. The van der Waals surface area contributed by atoms with Crippen LogP contribution in [0.15, 0.2) is 30.3 Å². The molecule has 2 aromatic rings. The molecule has 0 spiro atoms. The molecule has 116 valence electrons. The molecule has 1 atom stereocenters. The SMILES string of the molecule is O=C(O)c1cc(-c2ccc(F)cc2)n([C@H]2CCS(=O)(=O)C2)n1. The highest BCUT2D eigenvalue weighted by molar-refractivity contribution is 7.91. The van der Waals surface area contributed by atoms with Crippen molar-refractivity contribution in [3.63, 3.8) is 0 Å². The van der Waals surface area contributed by atoms with Crippen molar-refractivity contribution in [2.45, 2.75) is 12.5 Å². The van der Waals surface area contributed by atoms with Crippen LogP contribution in [0.25, 0.3) is 11.3 Å². The number of nitrogens with zero attached hydrogens (tertiary/aromatic N) is 2. The Bertz CT molecular complexity index is 827. The predicted octanol–water partition coefficient (Wildman–Crippen LogP) is 1.75. The lowest BCUT2D eigenvalue weighted by molar-refractivity contribution is 0.0689. The minimum Gasteiger partial charge on any atom is -0.476 e. The van der Waals surface area contributed by atoms with Gasteiger partial charge < -0.3 is 5.11 Å². The molecule has 0 saturated carbocycles. The van der Waals surface area contributed by atoms with Crippen molar-refractivity contribution in [3.8, 4) is 11.3 Å². The van der Waals surface area contributed by atoms with E-state index in [1.165, 1.54) is 35.0 Å². The van der Waals surface area contributed by atoms with E-state index in [0.717, 1.165) is 0 Å². The van der Waals surface area contributed by atoms with Crippen molar-refractivity contribution >= 4 is 15.8 Å². The van der Waals surface area contributed by atoms with Crippen molar-refractivity contribution in [1.82, 2.24) is 9.78 Å². The third-order valence-electron chi connectivity index (χ3n) is 3.65. The van der Waals surface area contributed by atoms with Gasteiger partial charge in [-0.1, -0.05) is 0 Å². The Kier molecular flexibility index (Phi) is 3.48. The molecule has 0 amide bonds. The largest absolute Gasteiger partial charge is 0.476 e. The van der Waals surface area contributed by atoms with Crippen molar-refractivity contribution in [2.75, 3.05) is 11.5 Å². The molecular weight excluding hydrogens is 311 g/mol. The van der Waals surface area contributed by atoms with Crippen molar-refractivity contribution in [3.05, 3.63) is 41.8 Å². The molecule has 1 fully saturated rings. The summed E-state index contributed by atoms with van der Waals surface area (Å²) in [6, 6.07) is 6.52. The second-order valence-corrected chi connectivity index (χ2v) is 7.46. The van der Waals surface area contributed by atoms with Crippen LogP contribution in [0.3, 0.4) is 0 Å². The minimum absolute atomic E-state index is 0.0583. The molecule has 0 aliphatic carbocycles. The zero-order valence-corrected chi connectivity index (χ0v) is 12.3. The molecule has 1 aromatic carbocycles. The second kappa shape index (κ2) is 5.20. The molecule has 0 unspecified atom stereocenters. The molecule has 1 aliphatic rings. The smallest absolute Gasteiger partial charge is 0.356 e. The van der Waals surface area contributed by atoms with Gasteiger partial charge in [0.1, 0.15) is 5.82 Å². The third-order valence-corrected chi connectivity index (χ3v) is 5.40. The Labute approximate surface area is 126 Å². The van der Waals surface area contributed by atoms with Gasteiger partial charge in [-0.25, -0.2) is 17.6 Å². The van der Waals surface area contributed by atoms with Gasteiger partial charge in [-0.2, -0.15) is 5.10 Å². The number of hydrogen-bond acceptors (Lipinski definition) is 4. The maximum absolute atomic E-state index is 13.0. The fraction of sp³-hybridized carbons (Fsp3) is 0.286. The zero-order chi connectivity index (χ0) is 15.9. The van der Waals surface area contributed by atoms with Gasteiger partial charge >= 0.3 is 5.97 Å². The maximum atomic E-state index is 13.0. The number of carboxylic acids is 1. The summed E-state index contributed by atoms with van der Waals surface area (Å²) in [5, 5.41) is 13.1. The summed E-state index contributed by atoms with van der Waals surface area (Å²) in [4.78, 5) is 11.1. The van der Waals surface area contributed by atoms with Gasteiger partial charge in [-0.05, 0) is 36.8 Å². The van der Waals surface area contributed by atoms with Gasteiger partial charge in [0.05, 0.1) is 23.2 Å². The summed E-state index contributed by atoms with van der Waals surface area (Å²) in [5.74, 6) is -1.61. The minimum atomic E-state index is -3.13. The molecule has 1 aliphatic heterocycles. The number of sulfone groups is 1. The van der Waals surface area contributed by atoms with Crippen LogP contribution in [0, 0.1) is 5.82 Å². The fourth-order valence-electron chi connectivity index (χ4n) is 2.58. The molecule has 0 radical (unpaired) electrons. The maximum Gasteiger partial charge on any atom is 0.356 e. The Hall–Kier alpha value is -2.22. The first-order chi connectivity index (χ1) is 10.4. The molecule has 1 saturated heterocycles. The molecule has 8 heteroatoms. The van der Waals surface area contributed by atoms with Crippen LogP contribution in [-0.4, -0.2) is 40.8 Å². The number of rotatable bonds is 3. The van der Waals surface area contributed by atoms with E-state index in [-0.39, 0.29) is 17.2 Å². The van der Waals surface area contributed by atoms with Crippen LogP contribution >= 0.6 is 0 Å². The van der Waals surface area contributed by atoms with Crippen molar-refractivity contribution < 1.29 is 22.7 Å². The Morgan fingerprint density at radius 2 is 2.00 bits per heavy atom. The number of carbonyl (C=O) groups is 1. The lowest BCUT2D eigenvalue weighted by atomic mass is 10.1.